The number of unbranched alkanes of at least 4 members (excludes halogenated alkanes) is 4. The fraction of sp³-hybridized carbons (Fsp3) is 0.625. The van der Waals surface area contributed by atoms with E-state index in [1.165, 1.54) is 32.1 Å². The Labute approximate surface area is 117 Å². The Morgan fingerprint density at radius 1 is 0.947 bits per heavy atom. The zero-order valence-corrected chi connectivity index (χ0v) is 12.4. The quantitative estimate of drug-likeness (QED) is 0.598. The van der Waals surface area contributed by atoms with Crippen molar-refractivity contribution in [2.75, 3.05) is 32.1 Å². The molecule has 0 heterocycles. The summed E-state index contributed by atoms with van der Waals surface area (Å²) in [5.41, 5.74) is 1.06. The second kappa shape index (κ2) is 10.7. The molecule has 0 aliphatic rings. The van der Waals surface area contributed by atoms with Crippen molar-refractivity contribution in [3.63, 3.8) is 0 Å². The summed E-state index contributed by atoms with van der Waals surface area (Å²) < 4.78 is 5.30. The van der Waals surface area contributed by atoms with Crippen LogP contribution in [-0.2, 0) is 0 Å². The van der Waals surface area contributed by atoms with Gasteiger partial charge in [0.25, 0.3) is 0 Å². The summed E-state index contributed by atoms with van der Waals surface area (Å²) in [5, 5.41) is 6.85. The van der Waals surface area contributed by atoms with Crippen LogP contribution in [0.3, 0.4) is 0 Å². The molecule has 19 heavy (non-hydrogen) atoms. The van der Waals surface area contributed by atoms with Crippen molar-refractivity contribution in [2.24, 2.45) is 0 Å². The van der Waals surface area contributed by atoms with Gasteiger partial charge in [-0.25, -0.2) is 0 Å². The Bertz CT molecular complexity index is 328. The van der Waals surface area contributed by atoms with Gasteiger partial charge in [0.1, 0.15) is 5.75 Å². The summed E-state index contributed by atoms with van der Waals surface area (Å²) in [6.07, 6.45) is 6.69. The summed E-state index contributed by atoms with van der Waals surface area (Å²) in [4.78, 5) is 0. The van der Waals surface area contributed by atoms with Gasteiger partial charge in [0.2, 0.25) is 0 Å². The molecular formula is C16H28N2O. The van der Waals surface area contributed by atoms with Gasteiger partial charge in [0.15, 0.2) is 0 Å². The molecule has 3 heteroatoms. The van der Waals surface area contributed by atoms with E-state index in [1.807, 2.05) is 24.3 Å². The monoisotopic (exact) mass is 264 g/mol. The molecule has 108 valence electrons. The van der Waals surface area contributed by atoms with Gasteiger partial charge in [-0.05, 0) is 25.1 Å². The molecule has 0 radical (unpaired) electrons. The number of hydrogen-bond acceptors (Lipinski definition) is 3. The number of para-hydroxylation sites is 2. The van der Waals surface area contributed by atoms with Crippen LogP contribution >= 0.6 is 0 Å². The lowest BCUT2D eigenvalue weighted by Gasteiger charge is -2.11. The van der Waals surface area contributed by atoms with Crippen LogP contribution in [0, 0.1) is 0 Å². The van der Waals surface area contributed by atoms with Crippen LogP contribution in [0.2, 0.25) is 0 Å². The van der Waals surface area contributed by atoms with Gasteiger partial charge in [-0.15, -0.1) is 0 Å². The SMILES string of the molecule is CCCCCCCNCCNc1ccccc1OC. The molecule has 1 rings (SSSR count). The fourth-order valence-electron chi connectivity index (χ4n) is 2.05. The maximum atomic E-state index is 5.30. The van der Waals surface area contributed by atoms with Crippen LogP contribution in [0.4, 0.5) is 5.69 Å². The van der Waals surface area contributed by atoms with E-state index >= 15 is 0 Å². The van der Waals surface area contributed by atoms with Crippen molar-refractivity contribution >= 4 is 5.69 Å². The molecule has 1 aromatic rings. The van der Waals surface area contributed by atoms with Crippen molar-refractivity contribution in [2.45, 2.75) is 39.0 Å². The predicted octanol–water partition coefficient (Wildman–Crippen LogP) is 3.67. The van der Waals surface area contributed by atoms with Crippen molar-refractivity contribution in [3.8, 4) is 5.75 Å². The number of methoxy groups -OCH3 is 1. The Balaban J connectivity index is 2.01. The van der Waals surface area contributed by atoms with Crippen molar-refractivity contribution in [1.29, 1.82) is 0 Å². The maximum absolute atomic E-state index is 5.30. The number of rotatable bonds is 11. The number of nitrogens with one attached hydrogen (secondary N) is 2. The average molecular weight is 264 g/mol. The van der Waals surface area contributed by atoms with Crippen LogP contribution in [0.1, 0.15) is 39.0 Å². The molecule has 0 fully saturated rings. The zero-order valence-electron chi connectivity index (χ0n) is 12.4. The summed E-state index contributed by atoms with van der Waals surface area (Å²) >= 11 is 0. The Hall–Kier alpha value is -1.22. The molecule has 0 spiro atoms. The highest BCUT2D eigenvalue weighted by atomic mass is 16.5. The summed E-state index contributed by atoms with van der Waals surface area (Å²) in [7, 11) is 1.70. The smallest absolute Gasteiger partial charge is 0.141 e. The van der Waals surface area contributed by atoms with Crippen molar-refractivity contribution < 1.29 is 4.74 Å². The second-order valence-electron chi connectivity index (χ2n) is 4.79. The molecule has 1 aromatic carbocycles. The Morgan fingerprint density at radius 3 is 2.53 bits per heavy atom. The average Bonchev–Trinajstić information content (AvgIpc) is 2.46. The number of hydrogen-bond donors (Lipinski definition) is 2. The minimum absolute atomic E-state index is 0.905. The van der Waals surface area contributed by atoms with E-state index in [-0.39, 0.29) is 0 Å². The molecule has 0 bridgehead atoms. The molecule has 0 saturated carbocycles. The Kier molecular flexibility index (Phi) is 8.90. The summed E-state index contributed by atoms with van der Waals surface area (Å²) in [6.45, 7) is 5.29. The molecule has 0 aliphatic heterocycles. The third-order valence-electron chi connectivity index (χ3n) is 3.18. The van der Waals surface area contributed by atoms with Gasteiger partial charge in [-0.3, -0.25) is 0 Å². The predicted molar refractivity (Wildman–Crippen MR) is 83.1 cm³/mol. The first-order valence-corrected chi connectivity index (χ1v) is 7.46. The summed E-state index contributed by atoms with van der Waals surface area (Å²) in [5.74, 6) is 0.905. The van der Waals surface area contributed by atoms with E-state index in [1.54, 1.807) is 7.11 Å². The van der Waals surface area contributed by atoms with Crippen molar-refractivity contribution in [1.82, 2.24) is 5.32 Å². The highest BCUT2D eigenvalue weighted by Gasteiger charge is 1.99. The number of anilines is 1. The standard InChI is InChI=1S/C16H28N2O/c1-3-4-5-6-9-12-17-13-14-18-15-10-7-8-11-16(15)19-2/h7-8,10-11,17-18H,3-6,9,12-14H2,1-2H3. The largest absolute Gasteiger partial charge is 0.495 e. The van der Waals surface area contributed by atoms with Crippen molar-refractivity contribution in [3.05, 3.63) is 24.3 Å². The minimum atomic E-state index is 0.905. The minimum Gasteiger partial charge on any atom is -0.495 e. The van der Waals surface area contributed by atoms with Gasteiger partial charge in [-0.2, -0.15) is 0 Å². The molecule has 0 amide bonds. The molecule has 0 saturated heterocycles. The van der Waals surface area contributed by atoms with Crippen LogP contribution in [0.25, 0.3) is 0 Å². The third-order valence-corrected chi connectivity index (χ3v) is 3.18. The first-order valence-electron chi connectivity index (χ1n) is 7.46. The summed E-state index contributed by atoms with van der Waals surface area (Å²) in [6, 6.07) is 8.03. The highest BCUT2D eigenvalue weighted by molar-refractivity contribution is 5.56. The van der Waals surface area contributed by atoms with Crippen LogP contribution in [-0.4, -0.2) is 26.7 Å². The zero-order chi connectivity index (χ0) is 13.8. The van der Waals surface area contributed by atoms with Crippen LogP contribution in [0.15, 0.2) is 24.3 Å². The van der Waals surface area contributed by atoms with Gasteiger partial charge < -0.3 is 15.4 Å². The van der Waals surface area contributed by atoms with Gasteiger partial charge in [0, 0.05) is 13.1 Å². The lowest BCUT2D eigenvalue weighted by Crippen LogP contribution is -2.23. The molecule has 0 aromatic heterocycles. The number of benzene rings is 1. The van der Waals surface area contributed by atoms with E-state index in [0.717, 1.165) is 31.1 Å². The first-order chi connectivity index (χ1) is 9.38. The lowest BCUT2D eigenvalue weighted by molar-refractivity contribution is 0.416. The highest BCUT2D eigenvalue weighted by Crippen LogP contribution is 2.22. The molecular weight excluding hydrogens is 236 g/mol. The van der Waals surface area contributed by atoms with Gasteiger partial charge in [-0.1, -0.05) is 44.7 Å². The molecule has 2 N–H and O–H groups in total. The second-order valence-corrected chi connectivity index (χ2v) is 4.79. The van der Waals surface area contributed by atoms with Crippen LogP contribution in [0.5, 0.6) is 5.75 Å². The maximum Gasteiger partial charge on any atom is 0.141 e. The lowest BCUT2D eigenvalue weighted by atomic mass is 10.1. The van der Waals surface area contributed by atoms with Gasteiger partial charge >= 0.3 is 0 Å². The van der Waals surface area contributed by atoms with Gasteiger partial charge in [0.05, 0.1) is 12.8 Å². The third kappa shape index (κ3) is 7.06. The van der Waals surface area contributed by atoms with E-state index in [2.05, 4.69) is 17.6 Å². The molecule has 0 atom stereocenters. The Morgan fingerprint density at radius 2 is 1.74 bits per heavy atom. The normalized spacial score (nSPS) is 10.4. The van der Waals surface area contributed by atoms with E-state index < -0.39 is 0 Å². The van der Waals surface area contributed by atoms with E-state index in [0.29, 0.717) is 0 Å². The topological polar surface area (TPSA) is 33.3 Å². The number of ether oxygens (including phenoxy) is 1. The molecule has 0 unspecified atom stereocenters. The molecule has 0 aliphatic carbocycles. The van der Waals surface area contributed by atoms with E-state index in [9.17, 15) is 0 Å². The first kappa shape index (κ1) is 15.8. The van der Waals surface area contributed by atoms with E-state index in [4.69, 9.17) is 4.74 Å². The fourth-order valence-corrected chi connectivity index (χ4v) is 2.05. The van der Waals surface area contributed by atoms with Crippen LogP contribution < -0.4 is 15.4 Å². The molecule has 3 nitrogen and oxygen atoms in total.